The minimum atomic E-state index is -0.179. The Kier molecular flexibility index (Phi) is 7.28. The normalized spacial score (nSPS) is 11.7. The first-order chi connectivity index (χ1) is 12.1. The highest BCUT2D eigenvalue weighted by atomic mass is 79.9. The summed E-state index contributed by atoms with van der Waals surface area (Å²) in [6.45, 7) is 2.87. The first kappa shape index (κ1) is 19.3. The van der Waals surface area contributed by atoms with Gasteiger partial charge in [0.1, 0.15) is 6.61 Å². The molecule has 0 aliphatic rings. The van der Waals surface area contributed by atoms with Gasteiger partial charge in [0.2, 0.25) is 0 Å². The van der Waals surface area contributed by atoms with Crippen molar-refractivity contribution in [2.45, 2.75) is 13.0 Å². The van der Waals surface area contributed by atoms with Crippen LogP contribution in [0.15, 0.2) is 46.9 Å². The Balaban J connectivity index is 2.09. The minimum Gasteiger partial charge on any atom is -0.493 e. The van der Waals surface area contributed by atoms with Gasteiger partial charge >= 0.3 is 0 Å². The van der Waals surface area contributed by atoms with Crippen molar-refractivity contribution in [3.63, 3.8) is 0 Å². The summed E-state index contributed by atoms with van der Waals surface area (Å²) in [5.41, 5.74) is 1.53. The zero-order chi connectivity index (χ0) is 18.2. The van der Waals surface area contributed by atoms with Gasteiger partial charge in [-0.3, -0.25) is 4.79 Å². The van der Waals surface area contributed by atoms with Crippen molar-refractivity contribution in [2.24, 2.45) is 0 Å². The Morgan fingerprint density at radius 3 is 2.56 bits per heavy atom. The predicted octanol–water partition coefficient (Wildman–Crippen LogP) is 3.97. The van der Waals surface area contributed by atoms with E-state index in [1.54, 1.807) is 20.3 Å². The molecule has 0 aliphatic heterocycles. The minimum absolute atomic E-state index is 0.139. The zero-order valence-electron chi connectivity index (χ0n) is 14.5. The van der Waals surface area contributed by atoms with Crippen LogP contribution < -0.4 is 14.8 Å². The predicted molar refractivity (Wildman–Crippen MR) is 100 cm³/mol. The summed E-state index contributed by atoms with van der Waals surface area (Å²) in [5.74, 6) is 1.13. The molecule has 0 spiro atoms. The third-order valence-electron chi connectivity index (χ3n) is 3.70. The molecule has 0 radical (unpaired) electrons. The molecule has 1 N–H and O–H groups in total. The Hall–Kier alpha value is -2.05. The molecular weight excluding hydrogens is 386 g/mol. The summed E-state index contributed by atoms with van der Waals surface area (Å²) >= 11 is 3.40. The molecule has 2 aromatic carbocycles. The highest BCUT2D eigenvalue weighted by molar-refractivity contribution is 9.10. The maximum atomic E-state index is 12.4. The van der Waals surface area contributed by atoms with Crippen molar-refractivity contribution in [2.75, 3.05) is 27.4 Å². The first-order valence-electron chi connectivity index (χ1n) is 7.92. The second-order valence-electron chi connectivity index (χ2n) is 5.43. The second kappa shape index (κ2) is 9.44. The van der Waals surface area contributed by atoms with E-state index in [2.05, 4.69) is 21.2 Å². The molecule has 1 amide bonds. The van der Waals surface area contributed by atoms with Gasteiger partial charge in [0.25, 0.3) is 5.91 Å². The van der Waals surface area contributed by atoms with Crippen molar-refractivity contribution in [1.82, 2.24) is 5.32 Å². The van der Waals surface area contributed by atoms with Crippen LogP contribution in [0.25, 0.3) is 0 Å². The van der Waals surface area contributed by atoms with Gasteiger partial charge in [0.05, 0.1) is 25.3 Å². The van der Waals surface area contributed by atoms with Crippen LogP contribution in [-0.2, 0) is 4.74 Å². The fourth-order valence-corrected chi connectivity index (χ4v) is 2.78. The van der Waals surface area contributed by atoms with Crippen LogP contribution in [-0.4, -0.2) is 33.3 Å². The molecule has 0 heterocycles. The van der Waals surface area contributed by atoms with E-state index in [0.717, 1.165) is 10.0 Å². The quantitative estimate of drug-likeness (QED) is 0.672. The number of halogens is 1. The molecule has 0 aromatic heterocycles. The third kappa shape index (κ3) is 5.21. The standard InChI is InChI=1S/C19H22BrNO4/c1-13(21-19(22)15-6-4-5-7-16(15)20)14-8-9-17(18(12-14)24-3)25-11-10-23-2/h4-9,12-13H,10-11H2,1-3H3,(H,21,22)/t13-/m0/s1. The Morgan fingerprint density at radius 1 is 1.12 bits per heavy atom. The molecule has 25 heavy (non-hydrogen) atoms. The van der Waals surface area contributed by atoms with E-state index in [1.807, 2.05) is 43.3 Å². The smallest absolute Gasteiger partial charge is 0.252 e. The number of rotatable bonds is 8. The van der Waals surface area contributed by atoms with Crippen LogP contribution in [0, 0.1) is 0 Å². The van der Waals surface area contributed by atoms with Gasteiger partial charge in [-0.05, 0) is 52.7 Å². The molecule has 0 aliphatic carbocycles. The Morgan fingerprint density at radius 2 is 1.88 bits per heavy atom. The number of ether oxygens (including phenoxy) is 3. The van der Waals surface area contributed by atoms with E-state index in [4.69, 9.17) is 14.2 Å². The van der Waals surface area contributed by atoms with Crippen molar-refractivity contribution in [3.8, 4) is 11.5 Å². The molecule has 0 fully saturated rings. The molecule has 134 valence electrons. The van der Waals surface area contributed by atoms with Crippen LogP contribution in [0.5, 0.6) is 11.5 Å². The zero-order valence-corrected chi connectivity index (χ0v) is 16.1. The lowest BCUT2D eigenvalue weighted by molar-refractivity contribution is 0.0939. The molecule has 0 unspecified atom stereocenters. The SMILES string of the molecule is COCCOc1ccc([C@H](C)NC(=O)c2ccccc2Br)cc1OC. The van der Waals surface area contributed by atoms with E-state index in [1.165, 1.54) is 0 Å². The number of nitrogens with one attached hydrogen (secondary N) is 1. The fraction of sp³-hybridized carbons (Fsp3) is 0.316. The fourth-order valence-electron chi connectivity index (χ4n) is 2.31. The molecule has 6 heteroatoms. The summed E-state index contributed by atoms with van der Waals surface area (Å²) in [6.07, 6.45) is 0. The van der Waals surface area contributed by atoms with E-state index in [9.17, 15) is 4.79 Å². The van der Waals surface area contributed by atoms with E-state index < -0.39 is 0 Å². The van der Waals surface area contributed by atoms with E-state index in [0.29, 0.717) is 30.3 Å². The molecular formula is C19H22BrNO4. The summed E-state index contributed by atoms with van der Waals surface area (Å²) in [6, 6.07) is 12.8. The van der Waals surface area contributed by atoms with Gasteiger partial charge in [-0.1, -0.05) is 18.2 Å². The number of methoxy groups -OCH3 is 2. The average Bonchev–Trinajstić information content (AvgIpc) is 2.62. The number of amides is 1. The number of carbonyl (C=O) groups is 1. The van der Waals surface area contributed by atoms with Gasteiger partial charge in [-0.2, -0.15) is 0 Å². The van der Waals surface area contributed by atoms with Gasteiger partial charge in [-0.25, -0.2) is 0 Å². The summed E-state index contributed by atoms with van der Waals surface area (Å²) in [4.78, 5) is 12.4. The van der Waals surface area contributed by atoms with Crippen LogP contribution in [0.3, 0.4) is 0 Å². The van der Waals surface area contributed by atoms with Crippen LogP contribution in [0.1, 0.15) is 28.9 Å². The van der Waals surface area contributed by atoms with Crippen molar-refractivity contribution < 1.29 is 19.0 Å². The summed E-state index contributed by atoms with van der Waals surface area (Å²) in [7, 11) is 3.21. The van der Waals surface area contributed by atoms with Gasteiger partial charge < -0.3 is 19.5 Å². The van der Waals surface area contributed by atoms with Crippen molar-refractivity contribution in [1.29, 1.82) is 0 Å². The summed E-state index contributed by atoms with van der Waals surface area (Å²) < 4.78 is 16.8. The Bertz CT molecular complexity index is 720. The van der Waals surface area contributed by atoms with Crippen molar-refractivity contribution in [3.05, 3.63) is 58.1 Å². The van der Waals surface area contributed by atoms with Crippen LogP contribution in [0.2, 0.25) is 0 Å². The summed E-state index contributed by atoms with van der Waals surface area (Å²) in [5, 5.41) is 2.99. The lowest BCUT2D eigenvalue weighted by Crippen LogP contribution is -2.27. The number of hydrogen-bond donors (Lipinski definition) is 1. The van der Waals surface area contributed by atoms with Gasteiger partial charge in [0, 0.05) is 11.6 Å². The molecule has 2 aromatic rings. The Labute approximate surface area is 156 Å². The molecule has 0 bridgehead atoms. The topological polar surface area (TPSA) is 56.8 Å². The maximum Gasteiger partial charge on any atom is 0.252 e. The molecule has 0 saturated carbocycles. The largest absolute Gasteiger partial charge is 0.493 e. The highest BCUT2D eigenvalue weighted by Gasteiger charge is 2.15. The number of benzene rings is 2. The first-order valence-corrected chi connectivity index (χ1v) is 8.71. The number of carbonyl (C=O) groups excluding carboxylic acids is 1. The van der Waals surface area contributed by atoms with Gasteiger partial charge in [0.15, 0.2) is 11.5 Å². The molecule has 0 saturated heterocycles. The van der Waals surface area contributed by atoms with Crippen LogP contribution in [0.4, 0.5) is 0 Å². The van der Waals surface area contributed by atoms with Crippen LogP contribution >= 0.6 is 15.9 Å². The highest BCUT2D eigenvalue weighted by Crippen LogP contribution is 2.30. The van der Waals surface area contributed by atoms with E-state index in [-0.39, 0.29) is 11.9 Å². The van der Waals surface area contributed by atoms with Crippen molar-refractivity contribution >= 4 is 21.8 Å². The van der Waals surface area contributed by atoms with Gasteiger partial charge in [-0.15, -0.1) is 0 Å². The molecule has 5 nitrogen and oxygen atoms in total. The van der Waals surface area contributed by atoms with E-state index >= 15 is 0 Å². The second-order valence-corrected chi connectivity index (χ2v) is 6.28. The molecule has 1 atom stereocenters. The average molecular weight is 408 g/mol. The third-order valence-corrected chi connectivity index (χ3v) is 4.39. The lowest BCUT2D eigenvalue weighted by atomic mass is 10.1. The number of hydrogen-bond acceptors (Lipinski definition) is 4. The monoisotopic (exact) mass is 407 g/mol. The maximum absolute atomic E-state index is 12.4. The molecule has 2 rings (SSSR count). The lowest BCUT2D eigenvalue weighted by Gasteiger charge is -2.17.